The third-order valence-electron chi connectivity index (χ3n) is 3.27. The van der Waals surface area contributed by atoms with Gasteiger partial charge in [-0.2, -0.15) is 5.26 Å². The van der Waals surface area contributed by atoms with Gasteiger partial charge in [0.2, 0.25) is 0 Å². The second-order valence-corrected chi connectivity index (χ2v) is 6.26. The number of amides is 1. The molecule has 0 heterocycles. The molecule has 0 atom stereocenters. The summed E-state index contributed by atoms with van der Waals surface area (Å²) in [6.45, 7) is 5.75. The quantitative estimate of drug-likeness (QED) is 0.608. The number of rotatable bonds is 5. The van der Waals surface area contributed by atoms with Crippen molar-refractivity contribution in [2.45, 2.75) is 26.9 Å². The van der Waals surface area contributed by atoms with Crippen molar-refractivity contribution in [1.82, 2.24) is 0 Å². The summed E-state index contributed by atoms with van der Waals surface area (Å²) in [7, 11) is 0. The predicted octanol–water partition coefficient (Wildman–Crippen LogP) is 4.98. The Bertz CT molecular complexity index is 851. The number of ether oxygens (including phenoxy) is 1. The number of benzene rings is 2. The largest absolute Gasteiger partial charge is 0.489 e. The van der Waals surface area contributed by atoms with E-state index < -0.39 is 5.91 Å². The van der Waals surface area contributed by atoms with Crippen LogP contribution in [-0.2, 0) is 4.79 Å². The van der Waals surface area contributed by atoms with E-state index in [1.807, 2.05) is 45.0 Å². The number of nitrogens with one attached hydrogen (secondary N) is 1. The van der Waals surface area contributed by atoms with Gasteiger partial charge < -0.3 is 10.1 Å². The van der Waals surface area contributed by atoms with Crippen LogP contribution in [0.3, 0.4) is 0 Å². The molecule has 0 fully saturated rings. The fourth-order valence-electron chi connectivity index (χ4n) is 2.19. The lowest BCUT2D eigenvalue weighted by molar-refractivity contribution is -0.112. The Morgan fingerprint density at radius 1 is 1.28 bits per heavy atom. The molecule has 0 saturated heterocycles. The molecule has 2 aromatic carbocycles. The Morgan fingerprint density at radius 3 is 2.64 bits per heavy atom. The minimum absolute atomic E-state index is 0.00454. The number of hydrogen-bond acceptors (Lipinski definition) is 3. The van der Waals surface area contributed by atoms with Crippen molar-refractivity contribution >= 4 is 29.3 Å². The number of nitrogens with zero attached hydrogens (tertiary/aromatic N) is 1. The molecule has 0 aliphatic heterocycles. The molecule has 0 aromatic heterocycles. The van der Waals surface area contributed by atoms with E-state index in [0.29, 0.717) is 22.0 Å². The van der Waals surface area contributed by atoms with Gasteiger partial charge in [0.05, 0.1) is 11.1 Å². The first-order valence-corrected chi connectivity index (χ1v) is 8.23. The van der Waals surface area contributed by atoms with Crippen molar-refractivity contribution in [3.05, 3.63) is 64.2 Å². The third kappa shape index (κ3) is 5.37. The van der Waals surface area contributed by atoms with Gasteiger partial charge >= 0.3 is 0 Å². The molecule has 4 nitrogen and oxygen atoms in total. The highest BCUT2D eigenvalue weighted by atomic mass is 35.5. The number of hydrogen-bond donors (Lipinski definition) is 1. The van der Waals surface area contributed by atoms with Crippen molar-refractivity contribution in [1.29, 1.82) is 5.26 Å². The van der Waals surface area contributed by atoms with Gasteiger partial charge in [0.15, 0.2) is 0 Å². The molecule has 2 rings (SSSR count). The van der Waals surface area contributed by atoms with Crippen molar-refractivity contribution in [2.24, 2.45) is 0 Å². The lowest BCUT2D eigenvalue weighted by atomic mass is 10.1. The van der Waals surface area contributed by atoms with Gasteiger partial charge in [-0.05, 0) is 62.2 Å². The third-order valence-corrected chi connectivity index (χ3v) is 3.57. The van der Waals surface area contributed by atoms with Crippen LogP contribution in [0.2, 0.25) is 5.02 Å². The summed E-state index contributed by atoms with van der Waals surface area (Å²) in [5.41, 5.74) is 2.31. The van der Waals surface area contributed by atoms with Crippen LogP contribution >= 0.6 is 11.6 Å². The summed E-state index contributed by atoms with van der Waals surface area (Å²) in [5.74, 6) is 0.100. The fraction of sp³-hybridized carbons (Fsp3) is 0.200. The molecule has 1 N–H and O–H groups in total. The van der Waals surface area contributed by atoms with E-state index in [1.165, 1.54) is 6.08 Å². The zero-order valence-electron chi connectivity index (χ0n) is 14.3. The highest BCUT2D eigenvalue weighted by Gasteiger charge is 2.11. The summed E-state index contributed by atoms with van der Waals surface area (Å²) >= 11 is 6.19. The Labute approximate surface area is 152 Å². The van der Waals surface area contributed by atoms with E-state index in [9.17, 15) is 10.1 Å². The molecule has 128 valence electrons. The second-order valence-electron chi connectivity index (χ2n) is 5.85. The van der Waals surface area contributed by atoms with E-state index in [4.69, 9.17) is 16.3 Å². The smallest absolute Gasteiger partial charge is 0.266 e. The number of carbonyl (C=O) groups is 1. The number of anilines is 1. The zero-order valence-corrected chi connectivity index (χ0v) is 15.1. The summed E-state index contributed by atoms with van der Waals surface area (Å²) in [4.78, 5) is 12.3. The van der Waals surface area contributed by atoms with Gasteiger partial charge in [-0.3, -0.25) is 4.79 Å². The van der Waals surface area contributed by atoms with Gasteiger partial charge in [0.25, 0.3) is 5.91 Å². The second kappa shape index (κ2) is 8.36. The highest BCUT2D eigenvalue weighted by Crippen LogP contribution is 2.27. The van der Waals surface area contributed by atoms with E-state index in [-0.39, 0.29) is 11.7 Å². The first-order chi connectivity index (χ1) is 11.9. The molecule has 0 aliphatic carbocycles. The van der Waals surface area contributed by atoms with Crippen molar-refractivity contribution < 1.29 is 9.53 Å². The van der Waals surface area contributed by atoms with Gasteiger partial charge in [-0.25, -0.2) is 0 Å². The van der Waals surface area contributed by atoms with Gasteiger partial charge in [-0.15, -0.1) is 0 Å². The fourth-order valence-corrected chi connectivity index (χ4v) is 2.43. The molecule has 5 heteroatoms. The molecule has 1 amide bonds. The maximum atomic E-state index is 12.3. The number of aryl methyl sites for hydroxylation is 1. The molecule has 2 aromatic rings. The van der Waals surface area contributed by atoms with Gasteiger partial charge in [0.1, 0.15) is 17.4 Å². The molecular formula is C20H19ClN2O2. The van der Waals surface area contributed by atoms with E-state index in [0.717, 1.165) is 5.56 Å². The average molecular weight is 355 g/mol. The summed E-state index contributed by atoms with van der Waals surface area (Å²) in [6.07, 6.45) is 1.50. The minimum Gasteiger partial charge on any atom is -0.489 e. The topological polar surface area (TPSA) is 62.1 Å². The standard InChI is InChI=1S/C20H19ClN2O2/c1-13(2)25-19-8-7-15(11-18(19)21)10-16(12-22)20(24)23-17-6-4-5-14(3)9-17/h4-11,13H,1-3H3,(H,23,24)/b16-10+. The molecule has 0 radical (unpaired) electrons. The van der Waals surface area contributed by atoms with Crippen LogP contribution in [0.25, 0.3) is 6.08 Å². The van der Waals surface area contributed by atoms with Crippen LogP contribution in [0.1, 0.15) is 25.0 Å². The van der Waals surface area contributed by atoms with Gasteiger partial charge in [0, 0.05) is 5.69 Å². The van der Waals surface area contributed by atoms with E-state index in [2.05, 4.69) is 5.32 Å². The summed E-state index contributed by atoms with van der Waals surface area (Å²) < 4.78 is 5.57. The summed E-state index contributed by atoms with van der Waals surface area (Å²) in [5, 5.41) is 12.4. The van der Waals surface area contributed by atoms with Crippen LogP contribution in [0.15, 0.2) is 48.0 Å². The Morgan fingerprint density at radius 2 is 2.04 bits per heavy atom. The Kier molecular flexibility index (Phi) is 6.21. The number of carbonyl (C=O) groups excluding carboxylic acids is 1. The SMILES string of the molecule is Cc1cccc(NC(=O)/C(C#N)=C/c2ccc(OC(C)C)c(Cl)c2)c1. The molecule has 0 saturated carbocycles. The molecule has 25 heavy (non-hydrogen) atoms. The van der Waals surface area contributed by atoms with Crippen LogP contribution < -0.4 is 10.1 Å². The number of halogens is 1. The van der Waals surface area contributed by atoms with Crippen molar-refractivity contribution in [2.75, 3.05) is 5.32 Å². The van der Waals surface area contributed by atoms with E-state index in [1.54, 1.807) is 24.3 Å². The highest BCUT2D eigenvalue weighted by molar-refractivity contribution is 6.32. The first kappa shape index (κ1) is 18.6. The van der Waals surface area contributed by atoms with Gasteiger partial charge in [-0.1, -0.05) is 29.8 Å². The lowest BCUT2D eigenvalue weighted by Gasteiger charge is -2.11. The molecule has 0 spiro atoms. The molecule has 0 bridgehead atoms. The van der Waals surface area contributed by atoms with Crippen molar-refractivity contribution in [3.8, 4) is 11.8 Å². The first-order valence-electron chi connectivity index (χ1n) is 7.85. The Hall–Kier alpha value is -2.77. The monoisotopic (exact) mass is 354 g/mol. The van der Waals surface area contributed by atoms with Crippen LogP contribution in [-0.4, -0.2) is 12.0 Å². The Balaban J connectivity index is 2.20. The maximum Gasteiger partial charge on any atom is 0.266 e. The zero-order chi connectivity index (χ0) is 18.4. The normalized spacial score (nSPS) is 11.1. The molecule has 0 unspecified atom stereocenters. The lowest BCUT2D eigenvalue weighted by Crippen LogP contribution is -2.13. The number of nitriles is 1. The molecule has 0 aliphatic rings. The maximum absolute atomic E-state index is 12.3. The summed E-state index contributed by atoms with van der Waals surface area (Å²) in [6, 6.07) is 14.4. The van der Waals surface area contributed by atoms with Crippen LogP contribution in [0.5, 0.6) is 5.75 Å². The van der Waals surface area contributed by atoms with Crippen LogP contribution in [0.4, 0.5) is 5.69 Å². The molecular weight excluding hydrogens is 336 g/mol. The van der Waals surface area contributed by atoms with Crippen LogP contribution in [0, 0.1) is 18.3 Å². The van der Waals surface area contributed by atoms with E-state index >= 15 is 0 Å². The average Bonchev–Trinajstić information content (AvgIpc) is 2.54. The predicted molar refractivity (Wildman–Crippen MR) is 101 cm³/mol. The van der Waals surface area contributed by atoms with Crippen molar-refractivity contribution in [3.63, 3.8) is 0 Å². The minimum atomic E-state index is -0.466.